The van der Waals surface area contributed by atoms with E-state index in [0.29, 0.717) is 5.95 Å². The monoisotopic (exact) mass is 233 g/mol. The molecule has 0 unspecified atom stereocenters. The predicted octanol–water partition coefficient (Wildman–Crippen LogP) is 1.69. The van der Waals surface area contributed by atoms with Gasteiger partial charge >= 0.3 is 0 Å². The van der Waals surface area contributed by atoms with E-state index in [1.54, 1.807) is 20.4 Å². The number of anilines is 1. The molecule has 0 amide bonds. The third-order valence-corrected chi connectivity index (χ3v) is 2.71. The number of nitrogen functional groups attached to an aromatic ring is 1. The molecular formula is C12H15N3O2. The Bertz CT molecular complexity index is 535. The van der Waals surface area contributed by atoms with Gasteiger partial charge in [0.25, 0.3) is 0 Å². The molecule has 0 fully saturated rings. The maximum atomic E-state index is 5.71. The maximum absolute atomic E-state index is 5.71. The average molecular weight is 233 g/mol. The van der Waals surface area contributed by atoms with Gasteiger partial charge in [-0.2, -0.15) is 0 Å². The van der Waals surface area contributed by atoms with Crippen molar-refractivity contribution in [2.75, 3.05) is 20.0 Å². The van der Waals surface area contributed by atoms with Crippen molar-refractivity contribution in [2.45, 2.75) is 0 Å². The highest BCUT2D eigenvalue weighted by atomic mass is 16.5. The maximum Gasteiger partial charge on any atom is 0.200 e. The van der Waals surface area contributed by atoms with E-state index in [0.717, 1.165) is 22.8 Å². The lowest BCUT2D eigenvalue weighted by molar-refractivity contribution is 0.395. The lowest BCUT2D eigenvalue weighted by atomic mass is 10.1. The SMILES string of the molecule is COc1ccc(-c2cnc(N)n2C)c(OC)c1. The molecule has 90 valence electrons. The van der Waals surface area contributed by atoms with Crippen LogP contribution in [0.4, 0.5) is 5.95 Å². The average Bonchev–Trinajstić information content (AvgIpc) is 2.69. The molecule has 5 nitrogen and oxygen atoms in total. The largest absolute Gasteiger partial charge is 0.497 e. The van der Waals surface area contributed by atoms with Crippen LogP contribution < -0.4 is 15.2 Å². The van der Waals surface area contributed by atoms with Crippen LogP contribution in [0.2, 0.25) is 0 Å². The summed E-state index contributed by atoms with van der Waals surface area (Å²) < 4.78 is 12.3. The molecule has 1 aromatic carbocycles. The van der Waals surface area contributed by atoms with Crippen molar-refractivity contribution in [1.82, 2.24) is 9.55 Å². The first-order chi connectivity index (χ1) is 8.17. The normalized spacial score (nSPS) is 10.3. The molecule has 1 aromatic heterocycles. The van der Waals surface area contributed by atoms with E-state index in [-0.39, 0.29) is 0 Å². The van der Waals surface area contributed by atoms with Crippen molar-refractivity contribution in [1.29, 1.82) is 0 Å². The third kappa shape index (κ3) is 1.91. The molecule has 2 aromatic rings. The van der Waals surface area contributed by atoms with Gasteiger partial charge in [0.15, 0.2) is 5.95 Å². The summed E-state index contributed by atoms with van der Waals surface area (Å²) in [5, 5.41) is 0. The molecule has 0 aliphatic heterocycles. The summed E-state index contributed by atoms with van der Waals surface area (Å²) in [6.07, 6.45) is 1.72. The van der Waals surface area contributed by atoms with Gasteiger partial charge in [-0.05, 0) is 12.1 Å². The topological polar surface area (TPSA) is 62.3 Å². The number of nitrogens with zero attached hydrogens (tertiary/aromatic N) is 2. The highest BCUT2D eigenvalue weighted by Crippen LogP contribution is 2.33. The Kier molecular flexibility index (Phi) is 2.91. The second-order valence-electron chi connectivity index (χ2n) is 3.63. The van der Waals surface area contributed by atoms with Crippen molar-refractivity contribution in [3.63, 3.8) is 0 Å². The van der Waals surface area contributed by atoms with Crippen LogP contribution in [0, 0.1) is 0 Å². The molecule has 0 aliphatic rings. The highest BCUT2D eigenvalue weighted by Gasteiger charge is 2.12. The zero-order chi connectivity index (χ0) is 12.4. The molecule has 0 aliphatic carbocycles. The van der Waals surface area contributed by atoms with Crippen molar-refractivity contribution in [3.8, 4) is 22.8 Å². The molecule has 5 heteroatoms. The van der Waals surface area contributed by atoms with Crippen LogP contribution in [0.3, 0.4) is 0 Å². The van der Waals surface area contributed by atoms with Crippen LogP contribution in [0.25, 0.3) is 11.3 Å². The fourth-order valence-corrected chi connectivity index (χ4v) is 1.68. The van der Waals surface area contributed by atoms with Crippen LogP contribution in [0.1, 0.15) is 0 Å². The number of rotatable bonds is 3. The number of hydrogen-bond acceptors (Lipinski definition) is 4. The van der Waals surface area contributed by atoms with E-state index in [4.69, 9.17) is 15.2 Å². The molecular weight excluding hydrogens is 218 g/mol. The van der Waals surface area contributed by atoms with E-state index in [1.165, 1.54) is 0 Å². The van der Waals surface area contributed by atoms with Crippen molar-refractivity contribution >= 4 is 5.95 Å². The number of hydrogen-bond donors (Lipinski definition) is 1. The van der Waals surface area contributed by atoms with Gasteiger partial charge in [-0.3, -0.25) is 0 Å². The number of methoxy groups -OCH3 is 2. The summed E-state index contributed by atoms with van der Waals surface area (Å²) in [7, 11) is 5.11. The Morgan fingerprint density at radius 2 is 2.00 bits per heavy atom. The Labute approximate surface area is 99.8 Å². The van der Waals surface area contributed by atoms with Crippen LogP contribution >= 0.6 is 0 Å². The van der Waals surface area contributed by atoms with Gasteiger partial charge in [0.2, 0.25) is 0 Å². The standard InChI is InChI=1S/C12H15N3O2/c1-15-10(7-14-12(15)13)9-5-4-8(16-2)6-11(9)17-3/h4-7H,1-3H3,(H2,13,14). The Morgan fingerprint density at radius 1 is 1.24 bits per heavy atom. The second kappa shape index (κ2) is 4.37. The van der Waals surface area contributed by atoms with Gasteiger partial charge in [0, 0.05) is 18.7 Å². The molecule has 17 heavy (non-hydrogen) atoms. The smallest absolute Gasteiger partial charge is 0.200 e. The van der Waals surface area contributed by atoms with Crippen LogP contribution in [0.5, 0.6) is 11.5 Å². The molecule has 0 radical (unpaired) electrons. The minimum atomic E-state index is 0.470. The molecule has 0 bridgehead atoms. The van der Waals surface area contributed by atoms with Crippen molar-refractivity contribution in [2.24, 2.45) is 7.05 Å². The van der Waals surface area contributed by atoms with E-state index < -0.39 is 0 Å². The Hall–Kier alpha value is -2.17. The summed E-state index contributed by atoms with van der Waals surface area (Å²) in [5.74, 6) is 1.95. The van der Waals surface area contributed by atoms with Gasteiger partial charge in [0.1, 0.15) is 11.5 Å². The van der Waals surface area contributed by atoms with Crippen LogP contribution in [0.15, 0.2) is 24.4 Å². The van der Waals surface area contributed by atoms with Crippen LogP contribution in [-0.2, 0) is 7.05 Å². The summed E-state index contributed by atoms with van der Waals surface area (Å²) in [4.78, 5) is 4.06. The number of benzene rings is 1. The van der Waals surface area contributed by atoms with E-state index in [9.17, 15) is 0 Å². The summed E-state index contributed by atoms with van der Waals surface area (Å²) >= 11 is 0. The number of imidazole rings is 1. The van der Waals surface area contributed by atoms with Crippen molar-refractivity contribution in [3.05, 3.63) is 24.4 Å². The fraction of sp³-hybridized carbons (Fsp3) is 0.250. The Balaban J connectivity index is 2.55. The van der Waals surface area contributed by atoms with Crippen LogP contribution in [-0.4, -0.2) is 23.8 Å². The first-order valence-corrected chi connectivity index (χ1v) is 5.17. The van der Waals surface area contributed by atoms with Gasteiger partial charge in [-0.25, -0.2) is 4.98 Å². The van der Waals surface area contributed by atoms with E-state index >= 15 is 0 Å². The fourth-order valence-electron chi connectivity index (χ4n) is 1.68. The second-order valence-corrected chi connectivity index (χ2v) is 3.63. The zero-order valence-electron chi connectivity index (χ0n) is 10.1. The lowest BCUT2D eigenvalue weighted by Crippen LogP contribution is -1.99. The lowest BCUT2D eigenvalue weighted by Gasteiger charge is -2.10. The van der Waals surface area contributed by atoms with Gasteiger partial charge in [-0.15, -0.1) is 0 Å². The van der Waals surface area contributed by atoms with E-state index in [2.05, 4.69) is 4.98 Å². The number of ether oxygens (including phenoxy) is 2. The molecule has 0 atom stereocenters. The minimum absolute atomic E-state index is 0.470. The minimum Gasteiger partial charge on any atom is -0.497 e. The number of aromatic nitrogens is 2. The van der Waals surface area contributed by atoms with Gasteiger partial charge in [0.05, 0.1) is 26.1 Å². The molecule has 1 heterocycles. The molecule has 2 rings (SSSR count). The van der Waals surface area contributed by atoms with Crippen molar-refractivity contribution < 1.29 is 9.47 Å². The highest BCUT2D eigenvalue weighted by molar-refractivity contribution is 5.69. The summed E-state index contributed by atoms with van der Waals surface area (Å²) in [6, 6.07) is 5.63. The third-order valence-electron chi connectivity index (χ3n) is 2.71. The number of nitrogens with two attached hydrogens (primary N) is 1. The first kappa shape index (κ1) is 11.3. The Morgan fingerprint density at radius 3 is 2.53 bits per heavy atom. The molecule has 2 N–H and O–H groups in total. The van der Waals surface area contributed by atoms with Gasteiger partial charge in [-0.1, -0.05) is 0 Å². The molecule has 0 spiro atoms. The predicted molar refractivity (Wildman–Crippen MR) is 66.2 cm³/mol. The summed E-state index contributed by atoms with van der Waals surface area (Å²) in [6.45, 7) is 0. The van der Waals surface area contributed by atoms with Gasteiger partial charge < -0.3 is 19.8 Å². The summed E-state index contributed by atoms with van der Waals surface area (Å²) in [5.41, 5.74) is 7.55. The zero-order valence-corrected chi connectivity index (χ0v) is 10.1. The molecule has 0 saturated heterocycles. The molecule has 0 saturated carbocycles. The first-order valence-electron chi connectivity index (χ1n) is 5.17. The van der Waals surface area contributed by atoms with E-state index in [1.807, 2.05) is 29.8 Å². The quantitative estimate of drug-likeness (QED) is 0.876.